The van der Waals surface area contributed by atoms with Gasteiger partial charge in [-0.3, -0.25) is 14.1 Å². The Hall–Kier alpha value is -0.384. The minimum atomic E-state index is -4.77. The van der Waals surface area contributed by atoms with Gasteiger partial charge in [-0.1, -0.05) is 45.4 Å². The predicted molar refractivity (Wildman–Crippen MR) is 85.1 cm³/mol. The molecule has 1 unspecified atom stereocenters. The lowest BCUT2D eigenvalue weighted by molar-refractivity contribution is -0.147. The molecule has 0 aliphatic rings. The number of esters is 1. The second-order valence-corrected chi connectivity index (χ2v) is 6.49. The van der Waals surface area contributed by atoms with Gasteiger partial charge in [-0.05, 0) is 6.42 Å². The van der Waals surface area contributed by atoms with Gasteiger partial charge in [0.1, 0.15) is 0 Å². The summed E-state index contributed by atoms with van der Waals surface area (Å²) in [6.45, 7) is 2.15. The summed E-state index contributed by atoms with van der Waals surface area (Å²) in [5, 5.41) is 6.47. The van der Waals surface area contributed by atoms with E-state index in [2.05, 4.69) is 6.92 Å². The quantitative estimate of drug-likeness (QED) is 0.234. The zero-order chi connectivity index (χ0) is 16.3. The number of carbonyl (C=O) groups excluding carboxylic acids is 1. The zero-order valence-corrected chi connectivity index (χ0v) is 13.1. The summed E-state index contributed by atoms with van der Waals surface area (Å²) in [5.41, 5.74) is 0. The highest BCUT2D eigenvalue weighted by molar-refractivity contribution is 7.87. The first kappa shape index (κ1) is 23.9. The average molecular weight is 351 g/mol. The lowest BCUT2D eigenvalue weighted by Crippen LogP contribution is -2.34. The second-order valence-electron chi connectivity index (χ2n) is 4.89. The van der Waals surface area contributed by atoms with Crippen molar-refractivity contribution in [1.82, 2.24) is 0 Å². The van der Waals surface area contributed by atoms with Crippen molar-refractivity contribution >= 4 is 45.1 Å². The van der Waals surface area contributed by atoms with E-state index < -0.39 is 33.7 Å². The van der Waals surface area contributed by atoms with E-state index in [0.717, 1.165) is 25.7 Å². The molecule has 0 heterocycles. The molecule has 0 radical (unpaired) electrons. The average Bonchev–Trinajstić information content (AvgIpc) is 2.37. The summed E-state index contributed by atoms with van der Waals surface area (Å²) in [6.07, 6.45) is 6.07. The summed E-state index contributed by atoms with van der Waals surface area (Å²) in [5.74, 6) is -2.71. The molecule has 0 aliphatic heterocycles. The molecule has 2 N–H and O–H groups in total. The number of hydrogen-bond acceptors (Lipinski definition) is 5. The monoisotopic (exact) mass is 350 g/mol. The molecule has 22 heavy (non-hydrogen) atoms. The smallest absolute Gasteiger partial charge is 0.327 e. The van der Waals surface area contributed by atoms with Gasteiger partial charge < -0.3 is 9.84 Å². The lowest BCUT2D eigenvalue weighted by atomic mass is 10.1. The van der Waals surface area contributed by atoms with Gasteiger partial charge in [-0.2, -0.15) is 8.42 Å². The number of carbonyl (C=O) groups is 2. The number of hydrogen-bond donors (Lipinski definition) is 2. The number of unbranched alkanes of at least 4 members (excludes halogenated alkanes) is 6. The standard InChI is InChI=1S/C13H24O7S.Mg.2H/c1-2-3-4-5-6-7-8-9-20-13(16)11(10-12(14)15)21(17,18)19;;;/h11H,2-10H2,1H3,(H,14,15)(H,17,18,19);;;. The maximum Gasteiger partial charge on any atom is 0.327 e. The Morgan fingerprint density at radius 3 is 2.00 bits per heavy atom. The third-order valence-electron chi connectivity index (χ3n) is 2.97. The molecule has 0 saturated heterocycles. The predicted octanol–water partition coefficient (Wildman–Crippen LogP) is 1.10. The normalized spacial score (nSPS) is 12.3. The Labute approximate surface area is 147 Å². The van der Waals surface area contributed by atoms with Crippen molar-refractivity contribution in [1.29, 1.82) is 0 Å². The fourth-order valence-corrected chi connectivity index (χ4v) is 2.46. The highest BCUT2D eigenvalue weighted by atomic mass is 32.2. The minimum absolute atomic E-state index is 0. The third-order valence-corrected chi connectivity index (χ3v) is 4.05. The molecule has 9 heteroatoms. The Bertz CT molecular complexity index is 422. The fourth-order valence-electron chi connectivity index (χ4n) is 1.79. The fraction of sp³-hybridized carbons (Fsp3) is 0.846. The van der Waals surface area contributed by atoms with Gasteiger partial charge in [0.25, 0.3) is 10.1 Å². The molecule has 0 spiro atoms. The molecule has 0 aromatic rings. The second kappa shape index (κ2) is 13.1. The molecule has 1 atom stereocenters. The van der Waals surface area contributed by atoms with E-state index in [1.165, 1.54) is 12.8 Å². The molecule has 0 amide bonds. The Balaban J connectivity index is 0. The van der Waals surface area contributed by atoms with E-state index in [0.29, 0.717) is 6.42 Å². The first-order valence-electron chi connectivity index (χ1n) is 7.13. The van der Waals surface area contributed by atoms with E-state index in [1.54, 1.807) is 0 Å². The summed E-state index contributed by atoms with van der Waals surface area (Å²) >= 11 is 0. The molecule has 0 aromatic carbocycles. The van der Waals surface area contributed by atoms with Gasteiger partial charge in [0.05, 0.1) is 13.0 Å². The molecule has 0 rings (SSSR count). The Kier molecular flexibility index (Phi) is 14.2. The lowest BCUT2D eigenvalue weighted by Gasteiger charge is -2.11. The first-order valence-corrected chi connectivity index (χ1v) is 8.64. The molecule has 0 aromatic heterocycles. The zero-order valence-electron chi connectivity index (χ0n) is 12.3. The van der Waals surface area contributed by atoms with Crippen LogP contribution < -0.4 is 0 Å². The van der Waals surface area contributed by atoms with Crippen molar-refractivity contribution in [2.45, 2.75) is 63.5 Å². The maximum atomic E-state index is 11.5. The number of rotatable bonds is 12. The third kappa shape index (κ3) is 12.2. The number of ether oxygens (including phenoxy) is 1. The molecule has 0 aliphatic carbocycles. The van der Waals surface area contributed by atoms with Crippen LogP contribution in [0.3, 0.4) is 0 Å². The van der Waals surface area contributed by atoms with Crippen LogP contribution in [0.25, 0.3) is 0 Å². The highest BCUT2D eigenvalue weighted by Gasteiger charge is 2.34. The van der Waals surface area contributed by atoms with Crippen molar-refractivity contribution in [2.24, 2.45) is 0 Å². The van der Waals surface area contributed by atoms with Crippen molar-refractivity contribution < 1.29 is 32.4 Å². The van der Waals surface area contributed by atoms with E-state index in [-0.39, 0.29) is 29.7 Å². The highest BCUT2D eigenvalue weighted by Crippen LogP contribution is 2.10. The topological polar surface area (TPSA) is 118 Å². The number of carboxylic acid groups (broad SMARTS) is 1. The maximum absolute atomic E-state index is 11.5. The van der Waals surface area contributed by atoms with Crippen LogP contribution >= 0.6 is 0 Å². The molecule has 7 nitrogen and oxygen atoms in total. The number of aliphatic carboxylic acids is 1. The summed E-state index contributed by atoms with van der Waals surface area (Å²) in [4.78, 5) is 22.0. The van der Waals surface area contributed by atoms with Gasteiger partial charge in [-0.15, -0.1) is 0 Å². The van der Waals surface area contributed by atoms with Crippen LogP contribution in [0.15, 0.2) is 0 Å². The molecular formula is C13H26MgO7S. The van der Waals surface area contributed by atoms with Crippen LogP contribution in [0, 0.1) is 0 Å². The van der Waals surface area contributed by atoms with Crippen molar-refractivity contribution in [2.75, 3.05) is 6.61 Å². The molecule has 0 saturated carbocycles. The van der Waals surface area contributed by atoms with Crippen molar-refractivity contribution in [3.63, 3.8) is 0 Å². The Morgan fingerprint density at radius 1 is 1.05 bits per heavy atom. The van der Waals surface area contributed by atoms with Crippen LogP contribution in [-0.2, 0) is 24.4 Å². The van der Waals surface area contributed by atoms with E-state index in [9.17, 15) is 18.0 Å². The molecular weight excluding hydrogens is 325 g/mol. The number of carboxylic acids is 1. The van der Waals surface area contributed by atoms with Crippen LogP contribution in [-0.4, -0.2) is 64.9 Å². The van der Waals surface area contributed by atoms with Crippen LogP contribution in [0.5, 0.6) is 0 Å². The van der Waals surface area contributed by atoms with E-state index in [1.807, 2.05) is 0 Å². The van der Waals surface area contributed by atoms with E-state index in [4.69, 9.17) is 14.4 Å². The van der Waals surface area contributed by atoms with Gasteiger partial charge >= 0.3 is 35.0 Å². The van der Waals surface area contributed by atoms with Crippen molar-refractivity contribution in [3.05, 3.63) is 0 Å². The van der Waals surface area contributed by atoms with Crippen LogP contribution in [0.2, 0.25) is 0 Å². The summed E-state index contributed by atoms with van der Waals surface area (Å²) < 4.78 is 35.4. The SMILES string of the molecule is CCCCCCCCCOC(=O)C(CC(=O)O)S(=O)(=O)O.[MgH2]. The Morgan fingerprint density at radius 2 is 1.55 bits per heavy atom. The summed E-state index contributed by atoms with van der Waals surface area (Å²) in [6, 6.07) is 0. The van der Waals surface area contributed by atoms with Crippen molar-refractivity contribution in [3.8, 4) is 0 Å². The summed E-state index contributed by atoms with van der Waals surface area (Å²) in [7, 11) is -4.77. The van der Waals surface area contributed by atoms with Gasteiger partial charge in [0.15, 0.2) is 5.25 Å². The molecule has 128 valence electrons. The molecule has 0 fully saturated rings. The van der Waals surface area contributed by atoms with Gasteiger partial charge in [0.2, 0.25) is 0 Å². The van der Waals surface area contributed by atoms with Crippen LogP contribution in [0.1, 0.15) is 58.3 Å². The largest absolute Gasteiger partial charge is 0.481 e. The van der Waals surface area contributed by atoms with E-state index >= 15 is 0 Å². The van der Waals surface area contributed by atoms with Gasteiger partial charge in [0, 0.05) is 0 Å². The van der Waals surface area contributed by atoms with Gasteiger partial charge in [-0.25, -0.2) is 0 Å². The molecule has 0 bridgehead atoms. The first-order chi connectivity index (χ1) is 9.79. The minimum Gasteiger partial charge on any atom is -0.481 e. The van der Waals surface area contributed by atoms with Crippen LogP contribution in [0.4, 0.5) is 0 Å².